The zero-order chi connectivity index (χ0) is 15.6. The van der Waals surface area contributed by atoms with Crippen LogP contribution in [0.2, 0.25) is 0 Å². The largest absolute Gasteiger partial charge is 0.378 e. The highest BCUT2D eigenvalue weighted by Gasteiger charge is 2.16. The van der Waals surface area contributed by atoms with Crippen LogP contribution in [0.4, 0.5) is 19.0 Å². The SMILES string of the molecule is CNc1nc(-c2cc(F)c(F)c(F)c2)nc(COC)c1I. The first kappa shape index (κ1) is 16.0. The third-order valence-corrected chi connectivity index (χ3v) is 3.81. The number of ether oxygens (including phenoxy) is 1. The number of nitrogens with zero attached hydrogens (tertiary/aromatic N) is 2. The van der Waals surface area contributed by atoms with Gasteiger partial charge in [0.1, 0.15) is 5.82 Å². The van der Waals surface area contributed by atoms with Gasteiger partial charge in [-0.1, -0.05) is 0 Å². The topological polar surface area (TPSA) is 47.0 Å². The van der Waals surface area contributed by atoms with Crippen molar-refractivity contribution in [3.8, 4) is 11.4 Å². The van der Waals surface area contributed by atoms with Crippen LogP contribution in [-0.2, 0) is 11.3 Å². The Morgan fingerprint density at radius 1 is 1.19 bits per heavy atom. The molecular formula is C13H11F3IN3O. The molecule has 8 heteroatoms. The van der Waals surface area contributed by atoms with E-state index in [0.29, 0.717) is 11.5 Å². The molecule has 1 heterocycles. The Morgan fingerprint density at radius 2 is 1.81 bits per heavy atom. The first-order valence-corrected chi connectivity index (χ1v) is 6.93. The molecule has 4 nitrogen and oxygen atoms in total. The fourth-order valence-electron chi connectivity index (χ4n) is 1.71. The van der Waals surface area contributed by atoms with E-state index in [1.807, 2.05) is 22.6 Å². The molecule has 0 amide bonds. The Balaban J connectivity index is 2.60. The predicted molar refractivity (Wildman–Crippen MR) is 80.3 cm³/mol. The molecule has 1 aromatic heterocycles. The van der Waals surface area contributed by atoms with Crippen molar-refractivity contribution in [2.24, 2.45) is 0 Å². The summed E-state index contributed by atoms with van der Waals surface area (Å²) >= 11 is 2.04. The van der Waals surface area contributed by atoms with Crippen molar-refractivity contribution in [2.45, 2.75) is 6.61 Å². The molecule has 112 valence electrons. The van der Waals surface area contributed by atoms with Gasteiger partial charge in [0.15, 0.2) is 23.3 Å². The lowest BCUT2D eigenvalue weighted by atomic mass is 10.2. The highest BCUT2D eigenvalue weighted by Crippen LogP contribution is 2.26. The highest BCUT2D eigenvalue weighted by atomic mass is 127. The Bertz CT molecular complexity index is 659. The van der Waals surface area contributed by atoms with Crippen molar-refractivity contribution in [2.75, 3.05) is 19.5 Å². The number of rotatable bonds is 4. The van der Waals surface area contributed by atoms with E-state index < -0.39 is 17.5 Å². The number of benzene rings is 1. The van der Waals surface area contributed by atoms with E-state index in [4.69, 9.17) is 4.74 Å². The standard InChI is InChI=1S/C13H11F3IN3O/c1-18-13-11(17)9(5-21-2)19-12(20-13)6-3-7(14)10(16)8(15)4-6/h3-4H,5H2,1-2H3,(H,18,19,20). The normalized spacial score (nSPS) is 10.8. The summed E-state index contributed by atoms with van der Waals surface area (Å²) in [4.78, 5) is 8.39. The number of methoxy groups -OCH3 is 1. The summed E-state index contributed by atoms with van der Waals surface area (Å²) < 4.78 is 45.4. The summed E-state index contributed by atoms with van der Waals surface area (Å²) in [5.41, 5.74) is 0.620. The van der Waals surface area contributed by atoms with E-state index in [1.54, 1.807) is 7.05 Å². The zero-order valence-electron chi connectivity index (χ0n) is 11.2. The van der Waals surface area contributed by atoms with Crippen molar-refractivity contribution in [1.29, 1.82) is 0 Å². The minimum absolute atomic E-state index is 0.0525. The number of hydrogen-bond acceptors (Lipinski definition) is 4. The molecule has 0 radical (unpaired) electrons. The number of halogens is 4. The molecule has 0 spiro atoms. The molecule has 21 heavy (non-hydrogen) atoms. The van der Waals surface area contributed by atoms with E-state index in [1.165, 1.54) is 7.11 Å². The minimum atomic E-state index is -1.52. The molecule has 0 aliphatic heterocycles. The third-order valence-electron chi connectivity index (χ3n) is 2.68. The second kappa shape index (κ2) is 6.56. The Kier molecular flexibility index (Phi) is 4.99. The highest BCUT2D eigenvalue weighted by molar-refractivity contribution is 14.1. The molecule has 0 atom stereocenters. The molecule has 2 aromatic rings. The molecule has 1 aromatic carbocycles. The van der Waals surface area contributed by atoms with Crippen molar-refractivity contribution in [3.05, 3.63) is 38.8 Å². The van der Waals surface area contributed by atoms with Gasteiger partial charge in [0.2, 0.25) is 0 Å². The minimum Gasteiger partial charge on any atom is -0.378 e. The lowest BCUT2D eigenvalue weighted by molar-refractivity contribution is 0.181. The van der Waals surface area contributed by atoms with Gasteiger partial charge >= 0.3 is 0 Å². The average Bonchev–Trinajstić information content (AvgIpc) is 2.46. The maximum absolute atomic E-state index is 13.3. The number of hydrogen-bond donors (Lipinski definition) is 1. The van der Waals surface area contributed by atoms with E-state index >= 15 is 0 Å². The second-order valence-corrected chi connectivity index (χ2v) is 5.17. The van der Waals surface area contributed by atoms with Gasteiger partial charge in [0.25, 0.3) is 0 Å². The van der Waals surface area contributed by atoms with Gasteiger partial charge in [-0.2, -0.15) is 0 Å². The maximum Gasteiger partial charge on any atom is 0.194 e. The quantitative estimate of drug-likeness (QED) is 0.622. The van der Waals surface area contributed by atoms with Gasteiger partial charge in [-0.25, -0.2) is 23.1 Å². The van der Waals surface area contributed by atoms with E-state index in [9.17, 15) is 13.2 Å². The number of aromatic nitrogens is 2. The average molecular weight is 409 g/mol. The number of nitrogens with one attached hydrogen (secondary N) is 1. The van der Waals surface area contributed by atoms with Gasteiger partial charge < -0.3 is 10.1 Å². The van der Waals surface area contributed by atoms with Gasteiger partial charge in [0.05, 0.1) is 15.9 Å². The molecule has 1 N–H and O–H groups in total. The summed E-state index contributed by atoms with van der Waals surface area (Å²) in [5, 5.41) is 2.87. The van der Waals surface area contributed by atoms with Gasteiger partial charge in [-0.15, -0.1) is 0 Å². The van der Waals surface area contributed by atoms with Crippen LogP contribution in [0.25, 0.3) is 11.4 Å². The third kappa shape index (κ3) is 3.26. The predicted octanol–water partition coefficient (Wildman–Crippen LogP) is 3.35. The Labute approximate surface area is 132 Å². The van der Waals surface area contributed by atoms with Crippen LogP contribution >= 0.6 is 22.6 Å². The maximum atomic E-state index is 13.3. The molecule has 0 fully saturated rings. The van der Waals surface area contributed by atoms with Crippen LogP contribution < -0.4 is 5.32 Å². The molecule has 0 aliphatic carbocycles. The van der Waals surface area contributed by atoms with Crippen LogP contribution in [-0.4, -0.2) is 24.1 Å². The molecular weight excluding hydrogens is 398 g/mol. The van der Waals surface area contributed by atoms with Gasteiger partial charge in [-0.3, -0.25) is 0 Å². The molecule has 0 saturated heterocycles. The first-order chi connectivity index (χ1) is 9.97. The summed E-state index contributed by atoms with van der Waals surface area (Å²) in [6, 6.07) is 1.72. The van der Waals surface area contributed by atoms with Crippen molar-refractivity contribution < 1.29 is 17.9 Å². The summed E-state index contributed by atoms with van der Waals surface area (Å²) in [5.74, 6) is -3.50. The number of anilines is 1. The molecule has 0 saturated carbocycles. The second-order valence-electron chi connectivity index (χ2n) is 4.09. The summed E-state index contributed by atoms with van der Waals surface area (Å²) in [6.07, 6.45) is 0. The van der Waals surface area contributed by atoms with Crippen LogP contribution in [0.15, 0.2) is 12.1 Å². The van der Waals surface area contributed by atoms with Gasteiger partial charge in [-0.05, 0) is 34.7 Å². The molecule has 2 rings (SSSR count). The smallest absolute Gasteiger partial charge is 0.194 e. The lowest BCUT2D eigenvalue weighted by Crippen LogP contribution is -2.06. The van der Waals surface area contributed by atoms with Crippen molar-refractivity contribution >= 4 is 28.4 Å². The fourth-order valence-corrected chi connectivity index (χ4v) is 2.37. The molecule has 0 unspecified atom stereocenters. The Morgan fingerprint density at radius 3 is 2.33 bits per heavy atom. The summed E-state index contributed by atoms with van der Waals surface area (Å²) in [7, 11) is 3.17. The van der Waals surface area contributed by atoms with E-state index in [2.05, 4.69) is 15.3 Å². The van der Waals surface area contributed by atoms with Crippen LogP contribution in [0.1, 0.15) is 5.69 Å². The van der Waals surface area contributed by atoms with E-state index in [0.717, 1.165) is 15.7 Å². The fraction of sp³-hybridized carbons (Fsp3) is 0.231. The van der Waals surface area contributed by atoms with Crippen molar-refractivity contribution in [1.82, 2.24) is 9.97 Å². The van der Waals surface area contributed by atoms with Crippen molar-refractivity contribution in [3.63, 3.8) is 0 Å². The van der Waals surface area contributed by atoms with Crippen LogP contribution in [0, 0.1) is 21.0 Å². The van der Waals surface area contributed by atoms with Crippen LogP contribution in [0.3, 0.4) is 0 Å². The summed E-state index contributed by atoms with van der Waals surface area (Å²) in [6.45, 7) is 0.217. The Hall–Kier alpha value is -1.42. The van der Waals surface area contributed by atoms with Crippen LogP contribution in [0.5, 0.6) is 0 Å². The monoisotopic (exact) mass is 409 g/mol. The van der Waals surface area contributed by atoms with Gasteiger partial charge in [0, 0.05) is 19.7 Å². The van der Waals surface area contributed by atoms with E-state index in [-0.39, 0.29) is 18.0 Å². The zero-order valence-corrected chi connectivity index (χ0v) is 13.3. The lowest BCUT2D eigenvalue weighted by Gasteiger charge is -2.11. The molecule has 0 aliphatic rings. The molecule has 0 bridgehead atoms. The first-order valence-electron chi connectivity index (χ1n) is 5.86.